The van der Waals surface area contributed by atoms with Crippen LogP contribution in [-0.2, 0) is 0 Å². The molecule has 0 amide bonds. The van der Waals surface area contributed by atoms with Gasteiger partial charge in [0.2, 0.25) is 5.69 Å². The van der Waals surface area contributed by atoms with Gasteiger partial charge in [-0.3, -0.25) is 0 Å². The van der Waals surface area contributed by atoms with Gasteiger partial charge < -0.3 is 0 Å². The van der Waals surface area contributed by atoms with E-state index in [0.29, 0.717) is 11.3 Å². The molecule has 1 heterocycles. The third kappa shape index (κ3) is 1.31. The Balaban J connectivity index is 2.60. The summed E-state index contributed by atoms with van der Waals surface area (Å²) < 4.78 is 0. The van der Waals surface area contributed by atoms with Crippen LogP contribution in [0.1, 0.15) is 25.0 Å². The third-order valence-electron chi connectivity index (χ3n) is 3.17. The van der Waals surface area contributed by atoms with E-state index in [1.165, 1.54) is 10.6 Å². The van der Waals surface area contributed by atoms with Crippen LogP contribution in [0.15, 0.2) is 5.57 Å². The average molecular weight is 248 g/mol. The molecule has 0 saturated carbocycles. The van der Waals surface area contributed by atoms with E-state index in [1.54, 1.807) is 0 Å². The van der Waals surface area contributed by atoms with Crippen LogP contribution in [-0.4, -0.2) is 5.29 Å². The van der Waals surface area contributed by atoms with Gasteiger partial charge in [0, 0.05) is 5.30 Å². The quantitative estimate of drug-likeness (QED) is 0.509. The topological polar surface area (TPSA) is 28.1 Å². The van der Waals surface area contributed by atoms with E-state index in [9.17, 15) is 5.26 Å². The van der Waals surface area contributed by atoms with Gasteiger partial charge in [0.05, 0.1) is 18.2 Å². The maximum atomic E-state index is 9.34. The van der Waals surface area contributed by atoms with Crippen LogP contribution in [0.2, 0.25) is 0 Å². The molecule has 0 spiro atoms. The van der Waals surface area contributed by atoms with Crippen molar-refractivity contribution >= 4 is 42.7 Å². The van der Waals surface area contributed by atoms with Crippen LogP contribution < -0.4 is 15.7 Å². The molecule has 18 heavy (non-hydrogen) atoms. The first-order valence-corrected chi connectivity index (χ1v) is 6.49. The number of rotatable bonds is 0. The second-order valence-electron chi connectivity index (χ2n) is 4.47. The van der Waals surface area contributed by atoms with Crippen LogP contribution >= 0.6 is 8.20 Å². The molecule has 3 heteroatoms. The zero-order valence-electron chi connectivity index (χ0n) is 10.1. The minimum Gasteiger partial charge on any atom is -0.236 e. The lowest BCUT2D eigenvalue weighted by Gasteiger charge is -2.03. The molecule has 3 rings (SSSR count). The molecule has 0 aromatic heterocycles. The molecule has 0 atom stereocenters. The van der Waals surface area contributed by atoms with E-state index in [1.807, 2.05) is 19.1 Å². The Morgan fingerprint density at radius 1 is 1.22 bits per heavy atom. The van der Waals surface area contributed by atoms with Crippen molar-refractivity contribution in [2.45, 2.75) is 13.8 Å². The van der Waals surface area contributed by atoms with Crippen LogP contribution in [0.4, 0.5) is 5.69 Å². The third-order valence-corrected chi connectivity index (χ3v) is 4.36. The second kappa shape index (κ2) is 3.67. The number of benzene rings is 1. The standard InChI is InChI=1S/C15H9N2P/c1-8-4-10-11(5-8)15-12(6-9(2)18-15)14(17-3)13(10)7-16/h4-6H,1-2H3. The summed E-state index contributed by atoms with van der Waals surface area (Å²) in [6.45, 7) is 11.4. The van der Waals surface area contributed by atoms with Crippen LogP contribution in [0.5, 0.6) is 0 Å². The number of nitriles is 1. The summed E-state index contributed by atoms with van der Waals surface area (Å²) in [7, 11) is 1.16. The molecule has 2 nitrogen and oxygen atoms in total. The summed E-state index contributed by atoms with van der Waals surface area (Å²) in [4.78, 5) is 3.59. The zero-order valence-corrected chi connectivity index (χ0v) is 11.0. The van der Waals surface area contributed by atoms with E-state index in [-0.39, 0.29) is 0 Å². The highest BCUT2D eigenvalue weighted by Crippen LogP contribution is 2.21. The number of allylic oxidation sites excluding steroid dienone is 1. The highest BCUT2D eigenvalue weighted by atomic mass is 31.1. The van der Waals surface area contributed by atoms with Gasteiger partial charge in [-0.25, -0.2) is 4.85 Å². The Kier molecular flexibility index (Phi) is 2.24. The first kappa shape index (κ1) is 11.0. The molecule has 0 bridgehead atoms. The van der Waals surface area contributed by atoms with Crippen molar-refractivity contribution in [1.29, 1.82) is 5.26 Å². The lowest BCUT2D eigenvalue weighted by molar-refractivity contribution is 1.45. The predicted octanol–water partition coefficient (Wildman–Crippen LogP) is 1.86. The van der Waals surface area contributed by atoms with E-state index >= 15 is 0 Å². The monoisotopic (exact) mass is 248 g/mol. The lowest BCUT2D eigenvalue weighted by atomic mass is 10.0. The van der Waals surface area contributed by atoms with Crippen molar-refractivity contribution in [2.24, 2.45) is 0 Å². The van der Waals surface area contributed by atoms with Gasteiger partial charge in [-0.05, 0) is 40.7 Å². The largest absolute Gasteiger partial charge is 0.236 e. The smallest absolute Gasteiger partial charge is 0.213 e. The zero-order chi connectivity index (χ0) is 12.9. The maximum Gasteiger partial charge on any atom is 0.213 e. The average Bonchev–Trinajstić information content (AvgIpc) is 2.89. The summed E-state index contributed by atoms with van der Waals surface area (Å²) in [5.74, 6) is 0. The van der Waals surface area contributed by atoms with E-state index in [4.69, 9.17) is 6.57 Å². The molecule has 1 aromatic carbocycles. The molecule has 84 valence electrons. The first-order chi connectivity index (χ1) is 8.65. The van der Waals surface area contributed by atoms with Gasteiger partial charge >= 0.3 is 0 Å². The van der Waals surface area contributed by atoms with Crippen molar-refractivity contribution in [3.8, 4) is 6.07 Å². The SMILES string of the molecule is [C-]#[N+]c1c(C#N)c2c(c3c1=CC(C)=P3)C=C(C)C=2. The second-order valence-corrected chi connectivity index (χ2v) is 5.84. The molecule has 0 saturated heterocycles. The van der Waals surface area contributed by atoms with Gasteiger partial charge in [0.15, 0.2) is 0 Å². The van der Waals surface area contributed by atoms with Crippen molar-refractivity contribution in [1.82, 2.24) is 0 Å². The Hall–Kier alpha value is -2.15. The minimum absolute atomic E-state index is 0.509. The Labute approximate surface area is 107 Å². The summed E-state index contributed by atoms with van der Waals surface area (Å²) in [5.41, 5.74) is 3.30. The van der Waals surface area contributed by atoms with Crippen LogP contribution in [0.3, 0.4) is 0 Å². The molecule has 0 N–H and O–H groups in total. The first-order valence-electron chi connectivity index (χ1n) is 5.60. The summed E-state index contributed by atoms with van der Waals surface area (Å²) in [5, 5.41) is 13.6. The van der Waals surface area contributed by atoms with Crippen molar-refractivity contribution in [2.75, 3.05) is 0 Å². The van der Waals surface area contributed by atoms with Crippen LogP contribution in [0.25, 0.3) is 23.1 Å². The molecule has 0 unspecified atom stereocenters. The fourth-order valence-electron chi connectivity index (χ4n) is 2.48. The number of hydrogen-bond donors (Lipinski definition) is 0. The van der Waals surface area contributed by atoms with Gasteiger partial charge in [-0.2, -0.15) is 5.26 Å². The number of hydrogen-bond acceptors (Lipinski definition) is 1. The normalized spacial score (nSPS) is 15.3. The van der Waals surface area contributed by atoms with Crippen molar-refractivity contribution in [3.05, 3.63) is 38.6 Å². The predicted molar refractivity (Wildman–Crippen MR) is 76.5 cm³/mol. The van der Waals surface area contributed by atoms with Gasteiger partial charge in [-0.15, -0.1) is 0 Å². The molecule has 1 aliphatic carbocycles. The summed E-state index contributed by atoms with van der Waals surface area (Å²) in [6, 6.07) is 2.20. The van der Waals surface area contributed by atoms with Gasteiger partial charge in [-0.1, -0.05) is 26.4 Å². The lowest BCUT2D eigenvalue weighted by Crippen LogP contribution is -2.29. The van der Waals surface area contributed by atoms with E-state index in [0.717, 1.165) is 29.8 Å². The summed E-state index contributed by atoms with van der Waals surface area (Å²) in [6.07, 6.45) is 6.15. The Morgan fingerprint density at radius 2 is 2.00 bits per heavy atom. The van der Waals surface area contributed by atoms with Crippen molar-refractivity contribution < 1.29 is 0 Å². The molecule has 0 radical (unpaired) electrons. The van der Waals surface area contributed by atoms with E-state index < -0.39 is 0 Å². The maximum absolute atomic E-state index is 9.34. The molecule has 0 fully saturated rings. The van der Waals surface area contributed by atoms with Gasteiger partial charge in [0.1, 0.15) is 0 Å². The fraction of sp³-hybridized carbons (Fsp3) is 0.133. The fourth-order valence-corrected chi connectivity index (χ4v) is 3.62. The Morgan fingerprint density at radius 3 is 2.67 bits per heavy atom. The molecular weight excluding hydrogens is 239 g/mol. The molecule has 1 aliphatic heterocycles. The van der Waals surface area contributed by atoms with E-state index in [2.05, 4.69) is 23.9 Å². The molecule has 2 aliphatic rings. The number of fused-ring (bicyclic) bond motifs is 3. The molecular formula is C15H9N2P. The van der Waals surface area contributed by atoms with Gasteiger partial charge in [0.25, 0.3) is 0 Å². The minimum atomic E-state index is 0.509. The highest BCUT2D eigenvalue weighted by molar-refractivity contribution is 7.51. The van der Waals surface area contributed by atoms with Crippen LogP contribution in [0, 0.1) is 17.9 Å². The Bertz CT molecular complexity index is 783. The number of nitrogens with zero attached hydrogens (tertiary/aromatic N) is 2. The highest BCUT2D eigenvalue weighted by Gasteiger charge is 2.20. The molecule has 1 aromatic rings. The van der Waals surface area contributed by atoms with Crippen molar-refractivity contribution in [3.63, 3.8) is 0 Å². The summed E-state index contributed by atoms with van der Waals surface area (Å²) >= 11 is 0.